The van der Waals surface area contributed by atoms with Crippen LogP contribution >= 0.6 is 11.6 Å². The zero-order chi connectivity index (χ0) is 11.5. The molecule has 16 heavy (non-hydrogen) atoms. The van der Waals surface area contributed by atoms with Crippen molar-refractivity contribution in [3.05, 3.63) is 53.6 Å². The van der Waals surface area contributed by atoms with Crippen LogP contribution in [0.2, 0.25) is 0 Å². The minimum absolute atomic E-state index is 0.400. The van der Waals surface area contributed by atoms with Crippen LogP contribution in [0.1, 0.15) is 16.8 Å². The molecule has 5 heteroatoms. The van der Waals surface area contributed by atoms with Crippen molar-refractivity contribution < 1.29 is 8.78 Å². The second-order valence-electron chi connectivity index (χ2n) is 3.41. The average molecular weight is 243 g/mol. The van der Waals surface area contributed by atoms with Crippen LogP contribution in [-0.4, -0.2) is 9.97 Å². The molecule has 1 aromatic heterocycles. The Morgan fingerprint density at radius 1 is 1.25 bits per heavy atom. The molecule has 0 saturated carbocycles. The van der Waals surface area contributed by atoms with Gasteiger partial charge in [-0.15, -0.1) is 11.6 Å². The van der Waals surface area contributed by atoms with Gasteiger partial charge in [0.1, 0.15) is 17.5 Å². The Hall–Kier alpha value is -1.42. The van der Waals surface area contributed by atoms with Crippen LogP contribution < -0.4 is 0 Å². The number of hydrogen-bond acceptors (Lipinski definition) is 1. The first-order valence-electron chi connectivity index (χ1n) is 4.73. The second-order valence-corrected chi connectivity index (χ2v) is 3.94. The van der Waals surface area contributed by atoms with Gasteiger partial charge in [0, 0.05) is 24.9 Å². The highest BCUT2D eigenvalue weighted by Gasteiger charge is 2.12. The van der Waals surface area contributed by atoms with Crippen LogP contribution in [0.3, 0.4) is 0 Å². The Kier molecular flexibility index (Phi) is 3.19. The largest absolute Gasteiger partial charge is 0.349 e. The third-order valence-electron chi connectivity index (χ3n) is 2.17. The fourth-order valence-corrected chi connectivity index (χ4v) is 1.73. The Balaban J connectivity index is 2.17. The van der Waals surface area contributed by atoms with E-state index in [-0.39, 0.29) is 0 Å². The Morgan fingerprint density at radius 2 is 1.94 bits per heavy atom. The summed E-state index contributed by atoms with van der Waals surface area (Å²) in [6.45, 7) is 0. The SMILES string of the molecule is Fc1cc(F)cc(C(Cl)Cc2ncc[nH]2)c1. The molecule has 0 aliphatic rings. The topological polar surface area (TPSA) is 28.7 Å². The van der Waals surface area contributed by atoms with Gasteiger partial charge < -0.3 is 4.98 Å². The lowest BCUT2D eigenvalue weighted by Gasteiger charge is -2.08. The van der Waals surface area contributed by atoms with Crippen molar-refractivity contribution in [1.29, 1.82) is 0 Å². The molecule has 2 rings (SSSR count). The van der Waals surface area contributed by atoms with Gasteiger partial charge in [-0.1, -0.05) is 0 Å². The van der Waals surface area contributed by atoms with E-state index in [1.165, 1.54) is 12.1 Å². The normalized spacial score (nSPS) is 12.7. The van der Waals surface area contributed by atoms with Crippen molar-refractivity contribution in [2.45, 2.75) is 11.8 Å². The van der Waals surface area contributed by atoms with Gasteiger partial charge in [-0.05, 0) is 17.7 Å². The van der Waals surface area contributed by atoms with E-state index in [4.69, 9.17) is 11.6 Å². The van der Waals surface area contributed by atoms with E-state index in [1.807, 2.05) is 0 Å². The first-order valence-corrected chi connectivity index (χ1v) is 5.17. The van der Waals surface area contributed by atoms with Crippen molar-refractivity contribution in [3.8, 4) is 0 Å². The number of hydrogen-bond donors (Lipinski definition) is 1. The van der Waals surface area contributed by atoms with Gasteiger partial charge in [-0.3, -0.25) is 0 Å². The van der Waals surface area contributed by atoms with Gasteiger partial charge in [0.05, 0.1) is 5.38 Å². The zero-order valence-corrected chi connectivity index (χ0v) is 9.01. The number of imidazole rings is 1. The molecule has 0 radical (unpaired) electrons. The quantitative estimate of drug-likeness (QED) is 0.823. The Labute approximate surface area is 96.3 Å². The van der Waals surface area contributed by atoms with Gasteiger partial charge in [0.25, 0.3) is 0 Å². The highest BCUT2D eigenvalue weighted by Crippen LogP contribution is 2.25. The molecule has 84 valence electrons. The second kappa shape index (κ2) is 4.61. The third kappa shape index (κ3) is 2.58. The fraction of sp³-hybridized carbons (Fsp3) is 0.182. The van der Waals surface area contributed by atoms with Crippen molar-refractivity contribution in [2.75, 3.05) is 0 Å². The van der Waals surface area contributed by atoms with E-state index in [0.717, 1.165) is 6.07 Å². The number of halogens is 3. The molecule has 0 aliphatic carbocycles. The Bertz CT molecular complexity index is 451. The molecule has 0 bridgehead atoms. The van der Waals surface area contributed by atoms with E-state index in [0.29, 0.717) is 17.8 Å². The number of benzene rings is 1. The maximum atomic E-state index is 12.9. The molecule has 1 N–H and O–H groups in total. The smallest absolute Gasteiger partial charge is 0.126 e. The minimum atomic E-state index is -0.625. The van der Waals surface area contributed by atoms with Crippen molar-refractivity contribution >= 4 is 11.6 Å². The molecule has 1 heterocycles. The predicted molar refractivity (Wildman–Crippen MR) is 57.2 cm³/mol. The number of aromatic amines is 1. The fourth-order valence-electron chi connectivity index (χ4n) is 1.45. The number of aromatic nitrogens is 2. The van der Waals surface area contributed by atoms with Gasteiger partial charge in [-0.2, -0.15) is 0 Å². The third-order valence-corrected chi connectivity index (χ3v) is 2.58. The molecular formula is C11H9ClF2N2. The molecule has 2 aromatic rings. The lowest BCUT2D eigenvalue weighted by atomic mass is 10.1. The standard InChI is InChI=1S/C11H9ClF2N2/c12-10(6-11-15-1-2-16-11)7-3-8(13)5-9(14)4-7/h1-5,10H,6H2,(H,15,16). The summed E-state index contributed by atoms with van der Waals surface area (Å²) in [6.07, 6.45) is 3.67. The highest BCUT2D eigenvalue weighted by atomic mass is 35.5. The molecule has 1 unspecified atom stereocenters. The van der Waals surface area contributed by atoms with Crippen LogP contribution in [0.25, 0.3) is 0 Å². The summed E-state index contributed by atoms with van der Waals surface area (Å²) >= 11 is 6.05. The van der Waals surface area contributed by atoms with Gasteiger partial charge in [0.2, 0.25) is 0 Å². The molecule has 0 fully saturated rings. The van der Waals surface area contributed by atoms with Gasteiger partial charge >= 0.3 is 0 Å². The monoisotopic (exact) mass is 242 g/mol. The zero-order valence-electron chi connectivity index (χ0n) is 8.25. The van der Waals surface area contributed by atoms with E-state index in [2.05, 4.69) is 9.97 Å². The van der Waals surface area contributed by atoms with Crippen LogP contribution in [0, 0.1) is 11.6 Å². The summed E-state index contributed by atoms with van der Waals surface area (Å²) in [5.74, 6) is -0.565. The van der Waals surface area contributed by atoms with Crippen molar-refractivity contribution in [1.82, 2.24) is 9.97 Å². The van der Waals surface area contributed by atoms with Crippen molar-refractivity contribution in [2.24, 2.45) is 0 Å². The molecule has 0 amide bonds. The lowest BCUT2D eigenvalue weighted by Crippen LogP contribution is -1.99. The van der Waals surface area contributed by atoms with Crippen LogP contribution in [0.15, 0.2) is 30.6 Å². The number of nitrogens with zero attached hydrogens (tertiary/aromatic N) is 1. The van der Waals surface area contributed by atoms with E-state index < -0.39 is 17.0 Å². The summed E-state index contributed by atoms with van der Waals surface area (Å²) in [7, 11) is 0. The maximum absolute atomic E-state index is 12.9. The molecule has 0 saturated heterocycles. The maximum Gasteiger partial charge on any atom is 0.126 e. The summed E-state index contributed by atoms with van der Waals surface area (Å²) in [6, 6.07) is 3.27. The summed E-state index contributed by atoms with van der Waals surface area (Å²) in [4.78, 5) is 6.88. The van der Waals surface area contributed by atoms with E-state index in [9.17, 15) is 8.78 Å². The first-order chi connectivity index (χ1) is 7.65. The highest BCUT2D eigenvalue weighted by molar-refractivity contribution is 6.20. The molecule has 1 atom stereocenters. The number of nitrogens with one attached hydrogen (secondary N) is 1. The van der Waals surface area contributed by atoms with E-state index >= 15 is 0 Å². The number of alkyl halides is 1. The summed E-state index contributed by atoms with van der Waals surface area (Å²) in [5.41, 5.74) is 0.413. The minimum Gasteiger partial charge on any atom is -0.349 e. The van der Waals surface area contributed by atoms with Crippen LogP contribution in [0.4, 0.5) is 8.78 Å². The molecule has 0 spiro atoms. The average Bonchev–Trinajstić information content (AvgIpc) is 2.68. The molecule has 1 aromatic carbocycles. The summed E-state index contributed by atoms with van der Waals surface area (Å²) in [5, 5.41) is -0.503. The van der Waals surface area contributed by atoms with Crippen molar-refractivity contribution in [3.63, 3.8) is 0 Å². The van der Waals surface area contributed by atoms with Crippen LogP contribution in [0.5, 0.6) is 0 Å². The molecule has 0 aliphatic heterocycles. The van der Waals surface area contributed by atoms with Crippen LogP contribution in [-0.2, 0) is 6.42 Å². The first kappa shape index (κ1) is 11.1. The lowest BCUT2D eigenvalue weighted by molar-refractivity contribution is 0.578. The molecule has 2 nitrogen and oxygen atoms in total. The van der Waals surface area contributed by atoms with Gasteiger partial charge in [0.15, 0.2) is 0 Å². The van der Waals surface area contributed by atoms with Gasteiger partial charge in [-0.25, -0.2) is 13.8 Å². The Morgan fingerprint density at radius 3 is 2.50 bits per heavy atom. The predicted octanol–water partition coefficient (Wildman–Crippen LogP) is 3.21. The number of rotatable bonds is 3. The number of H-pyrrole nitrogens is 1. The van der Waals surface area contributed by atoms with E-state index in [1.54, 1.807) is 12.4 Å². The summed E-state index contributed by atoms with van der Waals surface area (Å²) < 4.78 is 25.9. The molecular weight excluding hydrogens is 234 g/mol.